The fourth-order valence-corrected chi connectivity index (χ4v) is 3.16. The van der Waals surface area contributed by atoms with Crippen LogP contribution in [0.3, 0.4) is 0 Å². The Hall–Kier alpha value is -0.400. The molecule has 0 aliphatic rings. The summed E-state index contributed by atoms with van der Waals surface area (Å²) in [5.41, 5.74) is 1.29. The number of aliphatic hydroxyl groups is 1. The van der Waals surface area contributed by atoms with Gasteiger partial charge < -0.3 is 9.84 Å². The quantitative estimate of drug-likeness (QED) is 0.795. The van der Waals surface area contributed by atoms with Crippen molar-refractivity contribution >= 4 is 43.5 Å². The summed E-state index contributed by atoms with van der Waals surface area (Å²) < 4.78 is 8.35. The molecule has 0 bridgehead atoms. The Balaban J connectivity index is 2.37. The van der Waals surface area contributed by atoms with Gasteiger partial charge in [0.05, 0.1) is 29.5 Å². The van der Waals surface area contributed by atoms with Crippen LogP contribution in [-0.4, -0.2) is 28.6 Å². The van der Waals surface area contributed by atoms with Gasteiger partial charge in [-0.2, -0.15) is 5.10 Å². The highest BCUT2D eigenvalue weighted by atomic mass is 79.9. The van der Waals surface area contributed by atoms with E-state index in [0.717, 1.165) is 8.95 Å². The van der Waals surface area contributed by atoms with Crippen LogP contribution < -0.4 is 0 Å². The maximum absolute atomic E-state index is 10.6. The van der Waals surface area contributed by atoms with E-state index in [4.69, 9.17) is 16.3 Å². The Morgan fingerprint density at radius 1 is 1.45 bits per heavy atom. The number of benzene rings is 1. The lowest BCUT2D eigenvalue weighted by Crippen LogP contribution is -2.14. The fraction of sp³-hybridized carbons (Fsp3) is 0.308. The van der Waals surface area contributed by atoms with Crippen molar-refractivity contribution in [1.29, 1.82) is 0 Å². The van der Waals surface area contributed by atoms with Crippen LogP contribution in [0.25, 0.3) is 0 Å². The second-order valence-electron chi connectivity index (χ2n) is 4.16. The summed E-state index contributed by atoms with van der Waals surface area (Å²) >= 11 is 12.9. The lowest BCUT2D eigenvalue weighted by Gasteiger charge is -2.16. The van der Waals surface area contributed by atoms with Crippen LogP contribution in [0.15, 0.2) is 33.3 Å². The van der Waals surface area contributed by atoms with Gasteiger partial charge in [0.1, 0.15) is 6.10 Å². The van der Waals surface area contributed by atoms with E-state index >= 15 is 0 Å². The molecule has 0 aliphatic carbocycles. The van der Waals surface area contributed by atoms with E-state index in [1.54, 1.807) is 30.1 Å². The van der Waals surface area contributed by atoms with Gasteiger partial charge in [0.2, 0.25) is 0 Å². The molecule has 1 heterocycles. The molecule has 4 nitrogen and oxygen atoms in total. The molecule has 1 unspecified atom stereocenters. The van der Waals surface area contributed by atoms with Crippen LogP contribution in [0.1, 0.15) is 17.4 Å². The lowest BCUT2D eigenvalue weighted by molar-refractivity contribution is 0.171. The fourth-order valence-electron chi connectivity index (χ4n) is 1.87. The molecule has 7 heteroatoms. The highest BCUT2D eigenvalue weighted by Gasteiger charge is 2.21. The Kier molecular flexibility index (Phi) is 5.63. The summed E-state index contributed by atoms with van der Waals surface area (Å²) in [6, 6.07) is 5.38. The maximum Gasteiger partial charge on any atom is 0.123 e. The molecule has 1 atom stereocenters. The smallest absolute Gasteiger partial charge is 0.123 e. The van der Waals surface area contributed by atoms with E-state index in [-0.39, 0.29) is 0 Å². The molecular weight excluding hydrogens is 411 g/mol. The molecule has 1 aromatic heterocycles. The molecule has 2 aromatic rings. The van der Waals surface area contributed by atoms with Crippen molar-refractivity contribution < 1.29 is 9.84 Å². The number of halogens is 3. The van der Waals surface area contributed by atoms with Crippen molar-refractivity contribution in [3.05, 3.63) is 49.6 Å². The summed E-state index contributed by atoms with van der Waals surface area (Å²) in [5, 5.41) is 15.3. The largest absolute Gasteiger partial charge is 0.383 e. The minimum Gasteiger partial charge on any atom is -0.383 e. The zero-order chi connectivity index (χ0) is 14.7. The molecule has 1 N–H and O–H groups in total. The van der Waals surface area contributed by atoms with Crippen LogP contribution >= 0.6 is 43.5 Å². The van der Waals surface area contributed by atoms with Gasteiger partial charge in [-0.15, -0.1) is 0 Å². The number of hydrogen-bond donors (Lipinski definition) is 1. The van der Waals surface area contributed by atoms with Gasteiger partial charge in [-0.1, -0.05) is 33.6 Å². The van der Waals surface area contributed by atoms with Crippen LogP contribution in [0, 0.1) is 0 Å². The van der Waals surface area contributed by atoms with Crippen molar-refractivity contribution in [1.82, 2.24) is 9.78 Å². The molecule has 1 aromatic carbocycles. The third kappa shape index (κ3) is 3.43. The monoisotopic (exact) mass is 422 g/mol. The molecule has 0 saturated carbocycles. The SMILES string of the molecule is COCCn1ncc(Br)c1C(O)c1ccc(Br)cc1Cl. The molecule has 0 aliphatic heterocycles. The van der Waals surface area contributed by atoms with Crippen LogP contribution in [0.2, 0.25) is 5.02 Å². The average molecular weight is 425 g/mol. The predicted octanol–water partition coefficient (Wildman–Crippen LogP) is 3.79. The maximum atomic E-state index is 10.6. The van der Waals surface area contributed by atoms with Crippen LogP contribution in [0.4, 0.5) is 0 Å². The third-order valence-corrected chi connectivity index (χ3v) is 4.29. The highest BCUT2D eigenvalue weighted by Crippen LogP contribution is 2.33. The number of rotatable bonds is 5. The first kappa shape index (κ1) is 16.0. The molecule has 0 saturated heterocycles. The Morgan fingerprint density at radius 2 is 2.20 bits per heavy atom. The number of nitrogens with zero attached hydrogens (tertiary/aromatic N) is 2. The van der Waals surface area contributed by atoms with Crippen LogP contribution in [0.5, 0.6) is 0 Å². The Labute approximate surface area is 139 Å². The van der Waals surface area contributed by atoms with Gasteiger partial charge in [-0.25, -0.2) is 0 Å². The minimum absolute atomic E-state index is 0.498. The number of aliphatic hydroxyl groups excluding tert-OH is 1. The second kappa shape index (κ2) is 7.04. The topological polar surface area (TPSA) is 47.3 Å². The summed E-state index contributed by atoms with van der Waals surface area (Å²) in [6.07, 6.45) is 0.797. The highest BCUT2D eigenvalue weighted by molar-refractivity contribution is 9.10. The van der Waals surface area contributed by atoms with Crippen molar-refractivity contribution in [2.24, 2.45) is 0 Å². The van der Waals surface area contributed by atoms with Gasteiger partial charge in [0, 0.05) is 22.2 Å². The Morgan fingerprint density at radius 3 is 2.85 bits per heavy atom. The molecule has 20 heavy (non-hydrogen) atoms. The van der Waals surface area contributed by atoms with E-state index < -0.39 is 6.10 Å². The van der Waals surface area contributed by atoms with Gasteiger partial charge >= 0.3 is 0 Å². The molecule has 0 radical (unpaired) electrons. The molecular formula is C13H13Br2ClN2O2. The molecule has 108 valence electrons. The summed E-state index contributed by atoms with van der Waals surface area (Å²) in [6.45, 7) is 1.07. The first-order valence-corrected chi connectivity index (χ1v) is 7.84. The minimum atomic E-state index is -0.857. The van der Waals surface area contributed by atoms with Gasteiger partial charge in [-0.3, -0.25) is 4.68 Å². The first-order valence-electron chi connectivity index (χ1n) is 5.87. The molecule has 0 amide bonds. The van der Waals surface area contributed by atoms with Crippen molar-refractivity contribution in [2.45, 2.75) is 12.6 Å². The predicted molar refractivity (Wildman–Crippen MR) is 85.0 cm³/mol. The number of methoxy groups -OCH3 is 1. The van der Waals surface area contributed by atoms with Crippen molar-refractivity contribution in [3.63, 3.8) is 0 Å². The number of ether oxygens (including phenoxy) is 1. The lowest BCUT2D eigenvalue weighted by atomic mass is 10.1. The third-order valence-electron chi connectivity index (χ3n) is 2.86. The van der Waals surface area contributed by atoms with Crippen molar-refractivity contribution in [2.75, 3.05) is 13.7 Å². The van der Waals surface area contributed by atoms with Gasteiger partial charge in [0.15, 0.2) is 0 Å². The first-order chi connectivity index (χ1) is 9.54. The molecule has 2 rings (SSSR count). The Bertz CT molecular complexity index is 604. The van der Waals surface area contributed by atoms with Crippen LogP contribution in [-0.2, 0) is 11.3 Å². The molecule has 0 fully saturated rings. The van der Waals surface area contributed by atoms with E-state index in [9.17, 15) is 5.11 Å². The normalized spacial score (nSPS) is 12.7. The standard InChI is InChI=1S/C13H13Br2ClN2O2/c1-20-5-4-18-12(10(15)7-17-18)13(19)9-3-2-8(14)6-11(9)16/h2-3,6-7,13,19H,4-5H2,1H3. The summed E-state index contributed by atoms with van der Waals surface area (Å²) in [5.74, 6) is 0. The van der Waals surface area contributed by atoms with E-state index in [1.165, 1.54) is 0 Å². The van der Waals surface area contributed by atoms with Gasteiger partial charge in [-0.05, 0) is 28.1 Å². The van der Waals surface area contributed by atoms with E-state index in [2.05, 4.69) is 37.0 Å². The summed E-state index contributed by atoms with van der Waals surface area (Å²) in [7, 11) is 1.63. The second-order valence-corrected chi connectivity index (χ2v) is 6.34. The van der Waals surface area contributed by atoms with E-state index in [1.807, 2.05) is 6.07 Å². The van der Waals surface area contributed by atoms with E-state index in [0.29, 0.717) is 29.4 Å². The average Bonchev–Trinajstić information content (AvgIpc) is 2.77. The number of aromatic nitrogens is 2. The summed E-state index contributed by atoms with van der Waals surface area (Å²) in [4.78, 5) is 0. The molecule has 0 spiro atoms. The van der Waals surface area contributed by atoms with Gasteiger partial charge in [0.25, 0.3) is 0 Å². The zero-order valence-corrected chi connectivity index (χ0v) is 14.6. The van der Waals surface area contributed by atoms with Crippen molar-refractivity contribution in [3.8, 4) is 0 Å². The zero-order valence-electron chi connectivity index (χ0n) is 10.7. The number of hydrogen-bond acceptors (Lipinski definition) is 3.